The van der Waals surface area contributed by atoms with Crippen LogP contribution in [-0.2, 0) is 5.41 Å². The van der Waals surface area contributed by atoms with Gasteiger partial charge in [0.2, 0.25) is 0 Å². The lowest BCUT2D eigenvalue weighted by Crippen LogP contribution is -2.36. The van der Waals surface area contributed by atoms with Crippen LogP contribution in [0, 0.1) is 11.3 Å². The van der Waals surface area contributed by atoms with Gasteiger partial charge >= 0.3 is 0 Å². The molecule has 1 spiro atoms. The molecule has 8 aromatic rings. The van der Waals surface area contributed by atoms with Crippen molar-refractivity contribution >= 4 is 17.1 Å². The van der Waals surface area contributed by atoms with Crippen LogP contribution in [-0.4, -0.2) is 15.0 Å². The lowest BCUT2D eigenvalue weighted by Gasteiger charge is -2.45. The van der Waals surface area contributed by atoms with Gasteiger partial charge in [-0.2, -0.15) is 5.26 Å². The monoisotopic (exact) mass is 663 g/mol. The SMILES string of the molecule is N#Cc1cc(-c2nc(-c3ccccc3)nc(-c3ccccc3)n2)ccc1N1c2ccccc2C2(c3ccccc3-c3ccccc32)c2ccccc21. The van der Waals surface area contributed by atoms with Crippen molar-refractivity contribution in [2.75, 3.05) is 4.90 Å². The third kappa shape index (κ3) is 4.31. The van der Waals surface area contributed by atoms with Gasteiger partial charge in [0.15, 0.2) is 17.5 Å². The number of para-hydroxylation sites is 2. The Kier molecular flexibility index (Phi) is 6.70. The molecule has 0 saturated heterocycles. The van der Waals surface area contributed by atoms with Gasteiger partial charge in [-0.25, -0.2) is 15.0 Å². The summed E-state index contributed by atoms with van der Waals surface area (Å²) >= 11 is 0. The zero-order valence-corrected chi connectivity index (χ0v) is 28.0. The summed E-state index contributed by atoms with van der Waals surface area (Å²) in [4.78, 5) is 17.0. The predicted octanol–water partition coefficient (Wildman–Crippen LogP) is 10.9. The van der Waals surface area contributed by atoms with Gasteiger partial charge in [-0.05, 0) is 63.7 Å². The first kappa shape index (κ1) is 29.7. The van der Waals surface area contributed by atoms with Crippen LogP contribution in [0.25, 0.3) is 45.3 Å². The molecule has 242 valence electrons. The molecule has 1 aliphatic carbocycles. The van der Waals surface area contributed by atoms with E-state index in [1.807, 2.05) is 78.9 Å². The van der Waals surface area contributed by atoms with Crippen LogP contribution < -0.4 is 4.90 Å². The molecule has 7 aromatic carbocycles. The standard InChI is InChI=1S/C47H29N5/c48-30-34-29-33(46-50-44(31-15-3-1-4-16-31)49-45(51-46)32-17-5-2-6-18-32)27-28-41(34)52-42-25-13-11-23-39(42)47(40-24-12-14-26-43(40)52)37-21-9-7-19-35(37)36-20-8-10-22-38(36)47/h1-29H. The molecule has 0 radical (unpaired) electrons. The van der Waals surface area contributed by atoms with Gasteiger partial charge in [0.05, 0.1) is 28.0 Å². The third-order valence-electron chi connectivity index (χ3n) is 10.4. The molecule has 0 bridgehead atoms. The van der Waals surface area contributed by atoms with Gasteiger partial charge in [0, 0.05) is 16.7 Å². The minimum Gasteiger partial charge on any atom is -0.308 e. The molecular weight excluding hydrogens is 635 g/mol. The first-order valence-corrected chi connectivity index (χ1v) is 17.4. The van der Waals surface area contributed by atoms with E-state index in [1.165, 1.54) is 33.4 Å². The first-order chi connectivity index (χ1) is 25.8. The summed E-state index contributed by atoms with van der Waals surface area (Å²) in [6, 6.07) is 63.2. The van der Waals surface area contributed by atoms with Crippen molar-refractivity contribution in [3.05, 3.63) is 204 Å². The Balaban J connectivity index is 1.17. The normalized spacial score (nSPS) is 13.1. The van der Waals surface area contributed by atoms with Crippen LogP contribution in [0.3, 0.4) is 0 Å². The van der Waals surface area contributed by atoms with E-state index in [-0.39, 0.29) is 0 Å². The number of aromatic nitrogens is 3. The molecule has 2 aliphatic rings. The van der Waals surface area contributed by atoms with E-state index in [2.05, 4.69) is 108 Å². The van der Waals surface area contributed by atoms with E-state index in [9.17, 15) is 5.26 Å². The fourth-order valence-corrected chi connectivity index (χ4v) is 8.22. The van der Waals surface area contributed by atoms with Crippen LogP contribution in [0.2, 0.25) is 0 Å². The largest absolute Gasteiger partial charge is 0.308 e. The Hall–Kier alpha value is -7.16. The van der Waals surface area contributed by atoms with E-state index in [1.54, 1.807) is 0 Å². The second-order valence-corrected chi connectivity index (χ2v) is 13.1. The maximum Gasteiger partial charge on any atom is 0.164 e. The van der Waals surface area contributed by atoms with Crippen molar-refractivity contribution < 1.29 is 0 Å². The molecule has 0 amide bonds. The van der Waals surface area contributed by atoms with Crippen LogP contribution in [0.5, 0.6) is 0 Å². The molecule has 0 atom stereocenters. The van der Waals surface area contributed by atoms with Crippen LogP contribution in [0.4, 0.5) is 17.1 Å². The van der Waals surface area contributed by atoms with Crippen molar-refractivity contribution in [1.82, 2.24) is 15.0 Å². The lowest BCUT2D eigenvalue weighted by molar-refractivity contribution is 0.752. The second-order valence-electron chi connectivity index (χ2n) is 13.1. The molecular formula is C47H29N5. The van der Waals surface area contributed by atoms with Crippen molar-refractivity contribution in [2.45, 2.75) is 5.41 Å². The Bertz CT molecular complexity index is 2560. The summed E-state index contributed by atoms with van der Waals surface area (Å²) in [5.41, 5.74) is 12.8. The van der Waals surface area contributed by atoms with Gasteiger partial charge in [-0.15, -0.1) is 0 Å². The fraction of sp³-hybridized carbons (Fsp3) is 0.0213. The number of hydrogen-bond acceptors (Lipinski definition) is 5. The fourth-order valence-electron chi connectivity index (χ4n) is 8.22. The summed E-state index contributed by atoms with van der Waals surface area (Å²) in [6.07, 6.45) is 0. The van der Waals surface area contributed by atoms with Gasteiger partial charge in [-0.3, -0.25) is 0 Å². The minimum absolute atomic E-state index is 0.508. The highest BCUT2D eigenvalue weighted by molar-refractivity contribution is 5.96. The number of benzene rings is 7. The highest BCUT2D eigenvalue weighted by Gasteiger charge is 2.51. The van der Waals surface area contributed by atoms with Crippen molar-refractivity contribution in [1.29, 1.82) is 5.26 Å². The quantitative estimate of drug-likeness (QED) is 0.187. The van der Waals surface area contributed by atoms with Crippen LogP contribution in [0.15, 0.2) is 176 Å². The zero-order chi connectivity index (χ0) is 34.6. The summed E-state index contributed by atoms with van der Waals surface area (Å²) in [6.45, 7) is 0. The molecule has 5 heteroatoms. The molecule has 0 N–H and O–H groups in total. The number of hydrogen-bond donors (Lipinski definition) is 0. The molecule has 52 heavy (non-hydrogen) atoms. The molecule has 10 rings (SSSR count). The number of fused-ring (bicyclic) bond motifs is 9. The Morgan fingerprint density at radius 2 is 0.827 bits per heavy atom. The summed E-state index contributed by atoms with van der Waals surface area (Å²) in [7, 11) is 0. The maximum atomic E-state index is 10.8. The Labute approximate surface area is 301 Å². The van der Waals surface area contributed by atoms with Gasteiger partial charge in [0.25, 0.3) is 0 Å². The summed E-state index contributed by atoms with van der Waals surface area (Å²) in [5, 5.41) is 10.8. The maximum absolute atomic E-state index is 10.8. The molecule has 0 saturated carbocycles. The third-order valence-corrected chi connectivity index (χ3v) is 10.4. The van der Waals surface area contributed by atoms with Gasteiger partial charge in [-0.1, -0.05) is 146 Å². The number of rotatable bonds is 4. The molecule has 1 aliphatic heterocycles. The molecule has 0 unspecified atom stereocenters. The number of nitriles is 1. The molecule has 2 heterocycles. The number of anilines is 3. The first-order valence-electron chi connectivity index (χ1n) is 17.4. The predicted molar refractivity (Wildman–Crippen MR) is 206 cm³/mol. The topological polar surface area (TPSA) is 65.7 Å². The Morgan fingerprint density at radius 1 is 0.404 bits per heavy atom. The highest BCUT2D eigenvalue weighted by atomic mass is 15.2. The molecule has 1 aromatic heterocycles. The number of nitrogens with zero attached hydrogens (tertiary/aromatic N) is 5. The van der Waals surface area contributed by atoms with Crippen LogP contribution >= 0.6 is 0 Å². The highest BCUT2D eigenvalue weighted by Crippen LogP contribution is 2.63. The molecule has 5 nitrogen and oxygen atoms in total. The van der Waals surface area contributed by atoms with Crippen molar-refractivity contribution in [3.63, 3.8) is 0 Å². The smallest absolute Gasteiger partial charge is 0.164 e. The van der Waals surface area contributed by atoms with E-state index in [0.717, 1.165) is 33.8 Å². The second kappa shape index (κ2) is 11.7. The molecule has 0 fully saturated rings. The average Bonchev–Trinajstić information content (AvgIpc) is 3.52. The van der Waals surface area contributed by atoms with Crippen molar-refractivity contribution in [2.24, 2.45) is 0 Å². The van der Waals surface area contributed by atoms with E-state index < -0.39 is 5.41 Å². The summed E-state index contributed by atoms with van der Waals surface area (Å²) in [5.74, 6) is 1.66. The zero-order valence-electron chi connectivity index (χ0n) is 28.0. The van der Waals surface area contributed by atoms with Gasteiger partial charge < -0.3 is 4.90 Å². The van der Waals surface area contributed by atoms with E-state index in [0.29, 0.717) is 23.0 Å². The average molecular weight is 664 g/mol. The van der Waals surface area contributed by atoms with Gasteiger partial charge in [0.1, 0.15) is 6.07 Å². The lowest BCUT2D eigenvalue weighted by atomic mass is 9.64. The van der Waals surface area contributed by atoms with Crippen LogP contribution in [0.1, 0.15) is 27.8 Å². The van der Waals surface area contributed by atoms with Crippen molar-refractivity contribution in [3.8, 4) is 51.4 Å². The Morgan fingerprint density at radius 3 is 1.33 bits per heavy atom. The minimum atomic E-state index is -0.518. The summed E-state index contributed by atoms with van der Waals surface area (Å²) < 4.78 is 0. The van der Waals surface area contributed by atoms with E-state index in [4.69, 9.17) is 15.0 Å². The van der Waals surface area contributed by atoms with E-state index >= 15 is 0 Å².